The minimum atomic E-state index is -4.03. The molecule has 0 bridgehead atoms. The molecule has 120 valence electrons. The number of aliphatic carboxylic acids is 1. The summed E-state index contributed by atoms with van der Waals surface area (Å²) in [6.07, 6.45) is -0.0482. The molecule has 0 saturated carbocycles. The van der Waals surface area contributed by atoms with Gasteiger partial charge < -0.3 is 5.11 Å². The van der Waals surface area contributed by atoms with Crippen molar-refractivity contribution in [3.63, 3.8) is 0 Å². The van der Waals surface area contributed by atoms with Crippen LogP contribution in [0.3, 0.4) is 0 Å². The van der Waals surface area contributed by atoms with Gasteiger partial charge in [0, 0.05) is 18.6 Å². The lowest BCUT2D eigenvalue weighted by Crippen LogP contribution is -2.28. The zero-order valence-corrected chi connectivity index (χ0v) is 13.6. The summed E-state index contributed by atoms with van der Waals surface area (Å²) >= 11 is 0. The maximum Gasteiger partial charge on any atom is 0.307 e. The number of hydrogen-bond acceptors (Lipinski definition) is 3. The summed E-state index contributed by atoms with van der Waals surface area (Å²) in [6, 6.07) is 5.42. The lowest BCUT2D eigenvalue weighted by atomic mass is 9.81. The normalized spacial score (nSPS) is 16.7. The van der Waals surface area contributed by atoms with E-state index >= 15 is 0 Å². The van der Waals surface area contributed by atoms with Gasteiger partial charge in [0.1, 0.15) is 5.75 Å². The quantitative estimate of drug-likeness (QED) is 0.633. The lowest BCUT2D eigenvalue weighted by molar-refractivity contribution is -0.433. The fraction of sp³-hybridized carbons (Fsp3) is 0.467. The van der Waals surface area contributed by atoms with Gasteiger partial charge in [-0.2, -0.15) is 13.0 Å². The number of fused-ring (bicyclic) bond motifs is 1. The molecule has 0 saturated heterocycles. The predicted molar refractivity (Wildman–Crippen MR) is 82.7 cm³/mol. The highest BCUT2D eigenvalue weighted by molar-refractivity contribution is 7.85. The number of benzene rings is 1. The van der Waals surface area contributed by atoms with E-state index in [9.17, 15) is 13.2 Å². The maximum absolute atomic E-state index is 11.0. The third-order valence-electron chi connectivity index (χ3n) is 4.26. The van der Waals surface area contributed by atoms with Crippen LogP contribution < -0.4 is 0 Å². The van der Waals surface area contributed by atoms with Crippen molar-refractivity contribution in [2.24, 2.45) is 0 Å². The Kier molecular flexibility index (Phi) is 4.14. The number of hydrogen-bond donors (Lipinski definition) is 2. The van der Waals surface area contributed by atoms with Crippen molar-refractivity contribution < 1.29 is 27.4 Å². The molecule has 1 heterocycles. The van der Waals surface area contributed by atoms with Crippen LogP contribution in [0.1, 0.15) is 31.9 Å². The molecular weight excluding hydrogens is 306 g/mol. The smallest absolute Gasteiger partial charge is 0.307 e. The summed E-state index contributed by atoms with van der Waals surface area (Å²) in [5.41, 5.74) is 3.20. The number of rotatable bonds is 5. The Bertz CT molecular complexity index is 762. The summed E-state index contributed by atoms with van der Waals surface area (Å²) < 4.78 is 32.8. The van der Waals surface area contributed by atoms with Crippen LogP contribution in [0.2, 0.25) is 0 Å². The van der Waals surface area contributed by atoms with Gasteiger partial charge in [-0.05, 0) is 25.5 Å². The highest BCUT2D eigenvalue weighted by Gasteiger charge is 2.43. The first-order chi connectivity index (χ1) is 10.0. The van der Waals surface area contributed by atoms with Crippen LogP contribution in [0.25, 0.3) is 0 Å². The second-order valence-electron chi connectivity index (χ2n) is 6.07. The van der Waals surface area contributed by atoms with E-state index in [4.69, 9.17) is 9.66 Å². The topological polar surface area (TPSA) is 94.7 Å². The van der Waals surface area contributed by atoms with Gasteiger partial charge in [0.05, 0.1) is 11.8 Å². The number of carboxylic acid groups (broad SMARTS) is 1. The van der Waals surface area contributed by atoms with E-state index in [1.54, 1.807) is 6.07 Å². The van der Waals surface area contributed by atoms with Crippen molar-refractivity contribution >= 4 is 27.5 Å². The van der Waals surface area contributed by atoms with E-state index in [0.717, 1.165) is 17.0 Å². The number of carbonyl (C=O) groups is 1. The van der Waals surface area contributed by atoms with E-state index < -0.39 is 16.1 Å². The zero-order valence-electron chi connectivity index (χ0n) is 12.8. The van der Waals surface area contributed by atoms with Crippen molar-refractivity contribution in [3.8, 4) is 0 Å². The second kappa shape index (κ2) is 5.48. The summed E-state index contributed by atoms with van der Waals surface area (Å²) in [5.74, 6) is -1.24. The highest BCUT2D eigenvalue weighted by Crippen LogP contribution is 2.39. The molecule has 2 rings (SSSR count). The first kappa shape index (κ1) is 16.6. The standard InChI is InChI=1S/C15H19NO5S/c1-10-15(2,3)12-8-11(9-14(17)18)4-5-13(12)16(10)6-7-22(19,20)21/h4-5,8H,6-7,9H2,1-3H3,(H-,17,18,19,20,21)/p+1. The number of carboxylic acids is 1. The van der Waals surface area contributed by atoms with E-state index in [1.807, 2.05) is 37.5 Å². The van der Waals surface area contributed by atoms with Gasteiger partial charge >= 0.3 is 5.97 Å². The van der Waals surface area contributed by atoms with Gasteiger partial charge in [-0.3, -0.25) is 9.35 Å². The number of nitrogens with zero attached hydrogens (tertiary/aromatic N) is 1. The maximum atomic E-state index is 11.0. The Labute approximate surface area is 129 Å². The van der Waals surface area contributed by atoms with Crippen molar-refractivity contribution in [2.45, 2.75) is 32.6 Å². The van der Waals surface area contributed by atoms with Gasteiger partial charge in [0.15, 0.2) is 12.3 Å². The Morgan fingerprint density at radius 2 is 1.95 bits per heavy atom. The molecule has 22 heavy (non-hydrogen) atoms. The Morgan fingerprint density at radius 3 is 2.50 bits per heavy atom. The third-order valence-corrected chi connectivity index (χ3v) is 4.96. The highest BCUT2D eigenvalue weighted by atomic mass is 32.2. The van der Waals surface area contributed by atoms with E-state index in [2.05, 4.69) is 0 Å². The molecule has 0 radical (unpaired) electrons. The summed E-state index contributed by atoms with van der Waals surface area (Å²) in [4.78, 5) is 10.9. The van der Waals surface area contributed by atoms with Crippen LogP contribution in [0, 0.1) is 0 Å². The van der Waals surface area contributed by atoms with Crippen molar-refractivity contribution in [3.05, 3.63) is 29.3 Å². The zero-order chi connectivity index (χ0) is 16.7. The molecule has 6 nitrogen and oxygen atoms in total. The molecule has 1 aliphatic rings. The summed E-state index contributed by atoms with van der Waals surface area (Å²) in [6.45, 7) is 6.11. The molecule has 0 amide bonds. The van der Waals surface area contributed by atoms with E-state index in [-0.39, 0.29) is 24.1 Å². The molecule has 1 aromatic rings. The Balaban J connectivity index is 2.43. The van der Waals surface area contributed by atoms with Gasteiger partial charge in [-0.1, -0.05) is 6.07 Å². The SMILES string of the molecule is CC1=[N+](CCS(=O)(=O)O)c2ccc(CC(=O)O)cc2C1(C)C. The Hall–Kier alpha value is -1.73. The largest absolute Gasteiger partial charge is 0.481 e. The molecule has 0 atom stereocenters. The van der Waals surface area contributed by atoms with Gasteiger partial charge in [0.25, 0.3) is 10.1 Å². The molecular formula is C15H20NO5S+. The molecule has 1 aliphatic heterocycles. The third kappa shape index (κ3) is 3.20. The van der Waals surface area contributed by atoms with E-state index in [1.165, 1.54) is 0 Å². The monoisotopic (exact) mass is 326 g/mol. The fourth-order valence-electron chi connectivity index (χ4n) is 2.81. The first-order valence-corrected chi connectivity index (χ1v) is 8.55. The van der Waals surface area contributed by atoms with Crippen molar-refractivity contribution in [2.75, 3.05) is 12.3 Å². The van der Waals surface area contributed by atoms with E-state index in [0.29, 0.717) is 5.56 Å². The summed E-state index contributed by atoms with van der Waals surface area (Å²) in [7, 11) is -4.03. The molecule has 0 spiro atoms. The molecule has 0 aromatic heterocycles. The van der Waals surface area contributed by atoms with Crippen molar-refractivity contribution in [1.29, 1.82) is 0 Å². The van der Waals surface area contributed by atoms with Crippen LogP contribution in [0.4, 0.5) is 5.69 Å². The minimum absolute atomic E-state index is 0.0482. The van der Waals surface area contributed by atoms with Crippen LogP contribution in [0.5, 0.6) is 0 Å². The van der Waals surface area contributed by atoms with Gasteiger partial charge in [-0.15, -0.1) is 0 Å². The average molecular weight is 326 g/mol. The molecule has 7 heteroatoms. The summed E-state index contributed by atoms with van der Waals surface area (Å²) in [5, 5.41) is 8.91. The molecule has 2 N–H and O–H groups in total. The fourth-order valence-corrected chi connectivity index (χ4v) is 3.22. The van der Waals surface area contributed by atoms with Crippen molar-refractivity contribution in [1.82, 2.24) is 0 Å². The average Bonchev–Trinajstić information content (AvgIpc) is 2.55. The molecule has 0 aliphatic carbocycles. The molecule has 0 unspecified atom stereocenters. The lowest BCUT2D eigenvalue weighted by Gasteiger charge is -2.15. The Morgan fingerprint density at radius 1 is 1.32 bits per heavy atom. The van der Waals surface area contributed by atoms with Gasteiger partial charge in [-0.25, -0.2) is 0 Å². The van der Waals surface area contributed by atoms with Crippen LogP contribution >= 0.6 is 0 Å². The minimum Gasteiger partial charge on any atom is -0.481 e. The molecule has 0 fully saturated rings. The van der Waals surface area contributed by atoms with Crippen LogP contribution in [-0.2, 0) is 26.7 Å². The van der Waals surface area contributed by atoms with Crippen LogP contribution in [0.15, 0.2) is 18.2 Å². The first-order valence-electron chi connectivity index (χ1n) is 6.94. The van der Waals surface area contributed by atoms with Crippen LogP contribution in [-0.4, -0.2) is 46.6 Å². The van der Waals surface area contributed by atoms with Gasteiger partial charge in [0.2, 0.25) is 5.69 Å². The molecule has 1 aromatic carbocycles. The second-order valence-corrected chi connectivity index (χ2v) is 7.64. The predicted octanol–water partition coefficient (Wildman–Crippen LogP) is 1.60.